The van der Waals surface area contributed by atoms with Crippen LogP contribution in [0.5, 0.6) is 0 Å². The van der Waals surface area contributed by atoms with E-state index in [1.54, 1.807) is 29.5 Å². The lowest BCUT2D eigenvalue weighted by molar-refractivity contribution is 0.0505. The number of ether oxygens (including phenoxy) is 1. The van der Waals surface area contributed by atoms with Crippen LogP contribution in [0.4, 0.5) is 0 Å². The zero-order valence-electron chi connectivity index (χ0n) is 18.6. The summed E-state index contributed by atoms with van der Waals surface area (Å²) in [6.07, 6.45) is 3.78. The molecule has 3 aromatic rings. The molecular weight excluding hydrogens is 410 g/mol. The number of fused-ring (bicyclic) bond motifs is 3. The van der Waals surface area contributed by atoms with Crippen molar-refractivity contribution in [3.05, 3.63) is 56.2 Å². The molecule has 0 N–H and O–H groups in total. The SMILES string of the molecule is CCCOC(=O)c1cccc(Cn2nnc3sc4c(c3c2=O)CCC(C(C)(C)C)C4)c1. The van der Waals surface area contributed by atoms with E-state index in [-0.39, 0.29) is 23.5 Å². The lowest BCUT2D eigenvalue weighted by Gasteiger charge is -2.33. The molecule has 0 saturated carbocycles. The number of benzene rings is 1. The maximum Gasteiger partial charge on any atom is 0.338 e. The first-order valence-electron chi connectivity index (χ1n) is 10.9. The number of thiophene rings is 1. The number of hydrogen-bond donors (Lipinski definition) is 0. The van der Waals surface area contributed by atoms with Crippen molar-refractivity contribution in [2.75, 3.05) is 6.61 Å². The Morgan fingerprint density at radius 2 is 2.13 bits per heavy atom. The second-order valence-electron chi connectivity index (χ2n) is 9.38. The van der Waals surface area contributed by atoms with E-state index in [9.17, 15) is 9.59 Å². The Hall–Kier alpha value is -2.54. The molecule has 1 atom stereocenters. The van der Waals surface area contributed by atoms with Gasteiger partial charge in [0.2, 0.25) is 0 Å². The normalized spacial score (nSPS) is 16.3. The molecule has 0 spiro atoms. The monoisotopic (exact) mass is 439 g/mol. The van der Waals surface area contributed by atoms with Crippen LogP contribution in [0.2, 0.25) is 0 Å². The number of esters is 1. The summed E-state index contributed by atoms with van der Waals surface area (Å²) in [5, 5.41) is 9.28. The smallest absolute Gasteiger partial charge is 0.338 e. The quantitative estimate of drug-likeness (QED) is 0.543. The van der Waals surface area contributed by atoms with Crippen molar-refractivity contribution >= 4 is 27.5 Å². The Morgan fingerprint density at radius 1 is 1.32 bits per heavy atom. The van der Waals surface area contributed by atoms with Gasteiger partial charge in [-0.05, 0) is 60.3 Å². The van der Waals surface area contributed by atoms with Crippen molar-refractivity contribution in [1.82, 2.24) is 15.0 Å². The summed E-state index contributed by atoms with van der Waals surface area (Å²) in [5.74, 6) is 0.261. The fourth-order valence-corrected chi connectivity index (χ4v) is 5.45. The minimum absolute atomic E-state index is 0.101. The molecule has 0 radical (unpaired) electrons. The zero-order valence-corrected chi connectivity index (χ0v) is 19.4. The van der Waals surface area contributed by atoms with Crippen LogP contribution in [-0.4, -0.2) is 27.6 Å². The maximum atomic E-state index is 13.3. The molecule has 31 heavy (non-hydrogen) atoms. The van der Waals surface area contributed by atoms with Crippen LogP contribution in [0, 0.1) is 11.3 Å². The number of rotatable bonds is 5. The van der Waals surface area contributed by atoms with Crippen molar-refractivity contribution in [3.8, 4) is 0 Å². The third kappa shape index (κ3) is 4.42. The van der Waals surface area contributed by atoms with Gasteiger partial charge in [0, 0.05) is 4.88 Å². The Labute approximate surface area is 186 Å². The Kier molecular flexibility index (Phi) is 5.97. The van der Waals surface area contributed by atoms with E-state index in [0.29, 0.717) is 18.1 Å². The molecule has 4 rings (SSSR count). The predicted octanol–water partition coefficient (Wildman–Crippen LogP) is 4.62. The van der Waals surface area contributed by atoms with Gasteiger partial charge in [-0.3, -0.25) is 4.79 Å². The van der Waals surface area contributed by atoms with Crippen LogP contribution >= 0.6 is 11.3 Å². The molecule has 2 heterocycles. The van der Waals surface area contributed by atoms with Gasteiger partial charge in [0.15, 0.2) is 4.83 Å². The number of nitrogens with zero attached hydrogens (tertiary/aromatic N) is 3. The Balaban J connectivity index is 1.63. The molecule has 0 fully saturated rings. The first-order chi connectivity index (χ1) is 14.8. The summed E-state index contributed by atoms with van der Waals surface area (Å²) in [7, 11) is 0. The number of aryl methyl sites for hydroxylation is 1. The molecule has 1 unspecified atom stereocenters. The number of carbonyl (C=O) groups is 1. The second kappa shape index (κ2) is 8.54. The largest absolute Gasteiger partial charge is 0.462 e. The van der Waals surface area contributed by atoms with E-state index < -0.39 is 0 Å². The molecule has 0 amide bonds. The summed E-state index contributed by atoms with van der Waals surface area (Å²) in [6.45, 7) is 9.48. The topological polar surface area (TPSA) is 74.1 Å². The van der Waals surface area contributed by atoms with Gasteiger partial charge in [0.05, 0.1) is 24.1 Å². The first kappa shape index (κ1) is 21.7. The summed E-state index contributed by atoms with van der Waals surface area (Å²) in [5.41, 5.74) is 2.61. The van der Waals surface area contributed by atoms with E-state index in [1.165, 1.54) is 9.56 Å². The van der Waals surface area contributed by atoms with Crippen LogP contribution < -0.4 is 5.56 Å². The van der Waals surface area contributed by atoms with Gasteiger partial charge in [0.1, 0.15) is 0 Å². The highest BCUT2D eigenvalue weighted by Gasteiger charge is 2.31. The average molecular weight is 440 g/mol. The summed E-state index contributed by atoms with van der Waals surface area (Å²) >= 11 is 1.61. The molecule has 1 aromatic carbocycles. The van der Waals surface area contributed by atoms with Crippen LogP contribution in [0.25, 0.3) is 10.2 Å². The van der Waals surface area contributed by atoms with E-state index in [4.69, 9.17) is 4.74 Å². The highest BCUT2D eigenvalue weighted by atomic mass is 32.1. The van der Waals surface area contributed by atoms with E-state index >= 15 is 0 Å². The highest BCUT2D eigenvalue weighted by molar-refractivity contribution is 7.18. The summed E-state index contributed by atoms with van der Waals surface area (Å²) in [4.78, 5) is 27.5. The van der Waals surface area contributed by atoms with Crippen molar-refractivity contribution in [2.45, 2.75) is 59.9 Å². The summed E-state index contributed by atoms with van der Waals surface area (Å²) in [6, 6.07) is 7.16. The van der Waals surface area contributed by atoms with Crippen LogP contribution in [-0.2, 0) is 24.1 Å². The van der Waals surface area contributed by atoms with E-state index in [2.05, 4.69) is 31.1 Å². The molecule has 1 aliphatic carbocycles. The molecule has 0 aliphatic heterocycles. The van der Waals surface area contributed by atoms with Gasteiger partial charge in [-0.1, -0.05) is 45.0 Å². The first-order valence-corrected chi connectivity index (χ1v) is 11.7. The van der Waals surface area contributed by atoms with Gasteiger partial charge in [-0.2, -0.15) is 0 Å². The third-order valence-corrected chi connectivity index (χ3v) is 7.23. The van der Waals surface area contributed by atoms with Gasteiger partial charge >= 0.3 is 5.97 Å². The maximum absolute atomic E-state index is 13.3. The number of hydrogen-bond acceptors (Lipinski definition) is 6. The predicted molar refractivity (Wildman–Crippen MR) is 123 cm³/mol. The fourth-order valence-electron chi connectivity index (χ4n) is 4.22. The third-order valence-electron chi connectivity index (χ3n) is 6.10. The second-order valence-corrected chi connectivity index (χ2v) is 10.5. The van der Waals surface area contributed by atoms with Crippen molar-refractivity contribution in [2.24, 2.45) is 11.3 Å². The van der Waals surface area contributed by atoms with Crippen LogP contribution in [0.3, 0.4) is 0 Å². The Bertz CT molecular complexity index is 1170. The summed E-state index contributed by atoms with van der Waals surface area (Å²) < 4.78 is 6.62. The van der Waals surface area contributed by atoms with E-state index in [1.807, 2.05) is 13.0 Å². The molecule has 0 bridgehead atoms. The molecule has 2 aromatic heterocycles. The standard InChI is InChI=1S/C24H29N3O3S/c1-5-11-30-23(29)16-8-6-7-15(12-16)14-27-22(28)20-18-10-9-17(24(2,3)4)13-19(18)31-21(20)25-26-27/h6-8,12,17H,5,9-11,13-14H2,1-4H3. The van der Waals surface area contributed by atoms with Gasteiger partial charge in [0.25, 0.3) is 5.56 Å². The van der Waals surface area contributed by atoms with Crippen molar-refractivity contribution in [3.63, 3.8) is 0 Å². The van der Waals surface area contributed by atoms with Crippen LogP contribution in [0.1, 0.15) is 66.9 Å². The van der Waals surface area contributed by atoms with E-state index in [0.717, 1.165) is 47.0 Å². The van der Waals surface area contributed by atoms with Gasteiger partial charge < -0.3 is 4.74 Å². The number of aromatic nitrogens is 3. The van der Waals surface area contributed by atoms with Gasteiger partial charge in [-0.15, -0.1) is 16.4 Å². The van der Waals surface area contributed by atoms with Crippen molar-refractivity contribution < 1.29 is 9.53 Å². The minimum atomic E-state index is -0.349. The van der Waals surface area contributed by atoms with Crippen LogP contribution in [0.15, 0.2) is 29.1 Å². The van der Waals surface area contributed by atoms with Gasteiger partial charge in [-0.25, -0.2) is 9.48 Å². The molecule has 1 aliphatic rings. The molecule has 7 heteroatoms. The molecule has 6 nitrogen and oxygen atoms in total. The molecular formula is C24H29N3O3S. The fraction of sp³-hybridized carbons (Fsp3) is 0.500. The zero-order chi connectivity index (χ0) is 22.2. The molecule has 164 valence electrons. The minimum Gasteiger partial charge on any atom is -0.462 e. The lowest BCUT2D eigenvalue weighted by Crippen LogP contribution is -2.28. The molecule has 0 saturated heterocycles. The Morgan fingerprint density at radius 3 is 2.87 bits per heavy atom. The lowest BCUT2D eigenvalue weighted by atomic mass is 9.72. The number of carbonyl (C=O) groups excluding carboxylic acids is 1. The van der Waals surface area contributed by atoms with Crippen molar-refractivity contribution in [1.29, 1.82) is 0 Å². The average Bonchev–Trinajstić information content (AvgIpc) is 3.12. The highest BCUT2D eigenvalue weighted by Crippen LogP contribution is 2.41.